The van der Waals surface area contributed by atoms with E-state index in [1.807, 2.05) is 38.2 Å². The lowest BCUT2D eigenvalue weighted by Gasteiger charge is -2.23. The van der Waals surface area contributed by atoms with Crippen molar-refractivity contribution in [3.63, 3.8) is 0 Å². The largest absolute Gasteiger partial charge is 0.497 e. The Kier molecular flexibility index (Phi) is 7.57. The first kappa shape index (κ1) is 20.4. The van der Waals surface area contributed by atoms with Crippen LogP contribution in [0.4, 0.5) is 0 Å². The lowest BCUT2D eigenvalue weighted by atomic mass is 10.1. The molecule has 0 saturated carbocycles. The molecule has 1 aromatic carbocycles. The minimum absolute atomic E-state index is 0.0232. The van der Waals surface area contributed by atoms with E-state index in [1.165, 1.54) is 0 Å². The summed E-state index contributed by atoms with van der Waals surface area (Å²) in [6.45, 7) is 11.7. The normalized spacial score (nSPS) is 22.3. The number of guanidine groups is 1. The maximum Gasteiger partial charge on any atom is 0.191 e. The summed E-state index contributed by atoms with van der Waals surface area (Å²) in [6, 6.07) is 8.64. The minimum Gasteiger partial charge on any atom is -0.497 e. The van der Waals surface area contributed by atoms with Gasteiger partial charge in [0, 0.05) is 32.2 Å². The van der Waals surface area contributed by atoms with Crippen LogP contribution in [-0.4, -0.2) is 62.8 Å². The van der Waals surface area contributed by atoms with Crippen molar-refractivity contribution in [3.05, 3.63) is 24.3 Å². The summed E-state index contributed by atoms with van der Waals surface area (Å²) >= 11 is 0. The summed E-state index contributed by atoms with van der Waals surface area (Å²) in [5.74, 6) is 3.09. The predicted molar refractivity (Wildman–Crippen MR) is 107 cm³/mol. The smallest absolute Gasteiger partial charge is 0.191 e. The van der Waals surface area contributed by atoms with Crippen molar-refractivity contribution < 1.29 is 9.47 Å². The molecule has 146 valence electrons. The summed E-state index contributed by atoms with van der Waals surface area (Å²) in [6.07, 6.45) is 0.0232. The first-order chi connectivity index (χ1) is 12.4. The fourth-order valence-corrected chi connectivity index (χ4v) is 3.15. The second kappa shape index (κ2) is 9.67. The van der Waals surface area contributed by atoms with E-state index in [1.54, 1.807) is 7.11 Å². The third kappa shape index (κ3) is 5.80. The van der Waals surface area contributed by atoms with Crippen molar-refractivity contribution in [3.8, 4) is 11.5 Å². The van der Waals surface area contributed by atoms with Gasteiger partial charge in [-0.05, 0) is 51.0 Å². The van der Waals surface area contributed by atoms with Gasteiger partial charge in [-0.3, -0.25) is 9.89 Å². The highest BCUT2D eigenvalue weighted by molar-refractivity contribution is 5.80. The Morgan fingerprint density at radius 3 is 2.38 bits per heavy atom. The van der Waals surface area contributed by atoms with Crippen molar-refractivity contribution in [1.29, 1.82) is 0 Å². The molecule has 3 atom stereocenters. The van der Waals surface area contributed by atoms with Gasteiger partial charge in [-0.15, -0.1) is 0 Å². The predicted octanol–water partition coefficient (Wildman–Crippen LogP) is 2.36. The fourth-order valence-electron chi connectivity index (χ4n) is 3.15. The van der Waals surface area contributed by atoms with Gasteiger partial charge in [0.05, 0.1) is 13.7 Å². The van der Waals surface area contributed by atoms with Crippen LogP contribution in [0.5, 0.6) is 11.5 Å². The molecule has 0 amide bonds. The molecular weight excluding hydrogens is 328 g/mol. The number of likely N-dealkylation sites (tertiary alicyclic amines) is 1. The number of benzene rings is 1. The zero-order chi connectivity index (χ0) is 19.1. The van der Waals surface area contributed by atoms with Gasteiger partial charge in [-0.1, -0.05) is 6.92 Å². The fraction of sp³-hybridized carbons (Fsp3) is 0.650. The van der Waals surface area contributed by atoms with Gasteiger partial charge < -0.3 is 20.1 Å². The van der Waals surface area contributed by atoms with Crippen LogP contribution in [0.15, 0.2) is 29.3 Å². The maximum atomic E-state index is 5.94. The molecule has 1 fully saturated rings. The zero-order valence-electron chi connectivity index (χ0n) is 17.0. The van der Waals surface area contributed by atoms with E-state index in [4.69, 9.17) is 9.47 Å². The molecule has 1 aliphatic heterocycles. The van der Waals surface area contributed by atoms with Gasteiger partial charge in [0.2, 0.25) is 0 Å². The van der Waals surface area contributed by atoms with Crippen LogP contribution in [-0.2, 0) is 0 Å². The Morgan fingerprint density at radius 1 is 1.19 bits per heavy atom. The second-order valence-corrected chi connectivity index (χ2v) is 7.33. The van der Waals surface area contributed by atoms with Gasteiger partial charge in [-0.25, -0.2) is 0 Å². The number of hydrogen-bond donors (Lipinski definition) is 2. The number of methoxy groups -OCH3 is 1. The van der Waals surface area contributed by atoms with Crippen molar-refractivity contribution >= 4 is 5.96 Å². The molecule has 6 heteroatoms. The topological polar surface area (TPSA) is 58.1 Å². The highest BCUT2D eigenvalue weighted by Gasteiger charge is 2.31. The number of aliphatic imine (C=N–C) groups is 1. The van der Waals surface area contributed by atoms with Crippen molar-refractivity contribution in [2.45, 2.75) is 45.9 Å². The Bertz CT molecular complexity index is 574. The average molecular weight is 363 g/mol. The zero-order valence-corrected chi connectivity index (χ0v) is 17.0. The molecule has 1 heterocycles. The second-order valence-electron chi connectivity index (χ2n) is 7.33. The van der Waals surface area contributed by atoms with E-state index in [0.29, 0.717) is 24.5 Å². The van der Waals surface area contributed by atoms with Crippen LogP contribution in [0.25, 0.3) is 0 Å². The summed E-state index contributed by atoms with van der Waals surface area (Å²) in [5, 5.41) is 6.93. The number of nitrogens with zero attached hydrogens (tertiary/aromatic N) is 2. The van der Waals surface area contributed by atoms with Gasteiger partial charge in [-0.2, -0.15) is 0 Å². The molecule has 0 spiro atoms. The van der Waals surface area contributed by atoms with E-state index in [-0.39, 0.29) is 6.10 Å². The summed E-state index contributed by atoms with van der Waals surface area (Å²) in [4.78, 5) is 6.87. The SMILES string of the molecule is CN=C(NCC(C)Oc1ccc(OC)cc1)NC1CN(C(C)C)CC1C. The average Bonchev–Trinajstić information content (AvgIpc) is 3.00. The monoisotopic (exact) mass is 362 g/mol. The van der Waals surface area contributed by atoms with Crippen molar-refractivity contribution in [1.82, 2.24) is 15.5 Å². The number of nitrogens with one attached hydrogen (secondary N) is 2. The van der Waals surface area contributed by atoms with Crippen molar-refractivity contribution in [2.24, 2.45) is 10.9 Å². The third-order valence-electron chi connectivity index (χ3n) is 4.87. The first-order valence-corrected chi connectivity index (χ1v) is 9.44. The Hall–Kier alpha value is -1.95. The van der Waals surface area contributed by atoms with Gasteiger partial charge in [0.25, 0.3) is 0 Å². The maximum absolute atomic E-state index is 5.94. The van der Waals surface area contributed by atoms with Crippen LogP contribution in [0.1, 0.15) is 27.7 Å². The van der Waals surface area contributed by atoms with E-state index in [2.05, 4.69) is 41.3 Å². The van der Waals surface area contributed by atoms with E-state index in [9.17, 15) is 0 Å². The molecule has 1 aliphatic rings. The van der Waals surface area contributed by atoms with Gasteiger partial charge in [0.1, 0.15) is 17.6 Å². The quantitative estimate of drug-likeness (QED) is 0.576. The lowest BCUT2D eigenvalue weighted by molar-refractivity contribution is 0.223. The minimum atomic E-state index is 0.0232. The Labute approximate surface area is 158 Å². The molecule has 0 aromatic heterocycles. The molecule has 2 rings (SSSR count). The summed E-state index contributed by atoms with van der Waals surface area (Å²) < 4.78 is 11.1. The molecule has 3 unspecified atom stereocenters. The van der Waals surface area contributed by atoms with Crippen LogP contribution in [0.2, 0.25) is 0 Å². The standard InChI is InChI=1S/C20H34N4O2/c1-14(2)24-12-15(3)19(13-24)23-20(21-5)22-11-16(4)26-18-9-7-17(25-6)8-10-18/h7-10,14-16,19H,11-13H2,1-6H3,(H2,21,22,23). The third-order valence-corrected chi connectivity index (χ3v) is 4.87. The van der Waals surface area contributed by atoms with E-state index in [0.717, 1.165) is 30.5 Å². The van der Waals surface area contributed by atoms with Gasteiger partial charge in [0.15, 0.2) is 5.96 Å². The molecule has 1 aromatic rings. The van der Waals surface area contributed by atoms with Crippen molar-refractivity contribution in [2.75, 3.05) is 33.8 Å². The van der Waals surface area contributed by atoms with Crippen LogP contribution in [0, 0.1) is 5.92 Å². The van der Waals surface area contributed by atoms with Crippen LogP contribution >= 0.6 is 0 Å². The molecule has 0 bridgehead atoms. The summed E-state index contributed by atoms with van der Waals surface area (Å²) in [7, 11) is 3.47. The Balaban J connectivity index is 1.79. The van der Waals surface area contributed by atoms with Crippen LogP contribution < -0.4 is 20.1 Å². The molecule has 6 nitrogen and oxygen atoms in total. The lowest BCUT2D eigenvalue weighted by Crippen LogP contribution is -2.48. The molecule has 0 radical (unpaired) electrons. The molecule has 0 aliphatic carbocycles. The summed E-state index contributed by atoms with van der Waals surface area (Å²) in [5.41, 5.74) is 0. The molecule has 26 heavy (non-hydrogen) atoms. The highest BCUT2D eigenvalue weighted by Crippen LogP contribution is 2.19. The van der Waals surface area contributed by atoms with Gasteiger partial charge >= 0.3 is 0 Å². The molecular formula is C20H34N4O2. The number of ether oxygens (including phenoxy) is 2. The number of hydrogen-bond acceptors (Lipinski definition) is 4. The van der Waals surface area contributed by atoms with Crippen LogP contribution in [0.3, 0.4) is 0 Å². The van der Waals surface area contributed by atoms with E-state index >= 15 is 0 Å². The molecule has 2 N–H and O–H groups in total. The molecule has 1 saturated heterocycles. The number of rotatable bonds is 7. The first-order valence-electron chi connectivity index (χ1n) is 9.44. The highest BCUT2D eigenvalue weighted by atomic mass is 16.5. The van der Waals surface area contributed by atoms with E-state index < -0.39 is 0 Å². The Morgan fingerprint density at radius 2 is 1.85 bits per heavy atom.